The zero-order valence-electron chi connectivity index (χ0n) is 6.52. The van der Waals surface area contributed by atoms with Crippen molar-refractivity contribution in [1.29, 1.82) is 0 Å². The van der Waals surface area contributed by atoms with E-state index in [0.29, 0.717) is 0 Å². The van der Waals surface area contributed by atoms with Gasteiger partial charge in [-0.1, -0.05) is 13.0 Å². The van der Waals surface area contributed by atoms with Crippen LogP contribution in [0, 0.1) is 6.92 Å². The molecule has 0 unspecified atom stereocenters. The topological polar surface area (TPSA) is 15.8 Å². The molecule has 1 rings (SSSR count). The van der Waals surface area contributed by atoms with Crippen LogP contribution in [0.3, 0.4) is 0 Å². The molecule has 1 N–H and O–H groups in total. The Kier molecular flexibility index (Phi) is 2.32. The van der Waals surface area contributed by atoms with Crippen molar-refractivity contribution in [3.63, 3.8) is 0 Å². The number of hydrogen-bond acceptors (Lipinski definition) is 0. The van der Waals surface area contributed by atoms with Crippen molar-refractivity contribution in [2.24, 2.45) is 0 Å². The highest BCUT2D eigenvalue weighted by Gasteiger charge is 1.90. The fourth-order valence-electron chi connectivity index (χ4n) is 0.875. The molecule has 0 saturated heterocycles. The summed E-state index contributed by atoms with van der Waals surface area (Å²) in [6.45, 7) is 4.24. The van der Waals surface area contributed by atoms with Crippen molar-refractivity contribution in [2.75, 3.05) is 0 Å². The van der Waals surface area contributed by atoms with Gasteiger partial charge in [-0.3, -0.25) is 0 Å². The van der Waals surface area contributed by atoms with E-state index < -0.39 is 0 Å². The molecule has 1 aromatic heterocycles. The lowest BCUT2D eigenvalue weighted by Crippen LogP contribution is -1.72. The van der Waals surface area contributed by atoms with Gasteiger partial charge in [0.25, 0.3) is 0 Å². The van der Waals surface area contributed by atoms with Crippen LogP contribution in [0.2, 0.25) is 0 Å². The quantitative estimate of drug-likeness (QED) is 0.641. The first-order valence-electron chi connectivity index (χ1n) is 3.65. The first kappa shape index (κ1) is 7.13. The van der Waals surface area contributed by atoms with Crippen molar-refractivity contribution in [1.82, 2.24) is 4.98 Å². The average Bonchev–Trinajstić information content (AvgIpc) is 2.31. The summed E-state index contributed by atoms with van der Waals surface area (Å²) in [6.07, 6.45) is 7.33. The first-order valence-corrected chi connectivity index (χ1v) is 3.65. The second kappa shape index (κ2) is 3.25. The van der Waals surface area contributed by atoms with Crippen molar-refractivity contribution in [3.05, 3.63) is 29.6 Å². The van der Waals surface area contributed by atoms with E-state index in [1.807, 2.05) is 6.20 Å². The van der Waals surface area contributed by atoms with Crippen LogP contribution in [0.25, 0.3) is 6.08 Å². The van der Waals surface area contributed by atoms with E-state index in [1.165, 1.54) is 11.3 Å². The number of rotatable bonds is 2. The van der Waals surface area contributed by atoms with Crippen LogP contribution < -0.4 is 0 Å². The Morgan fingerprint density at radius 2 is 2.40 bits per heavy atom. The third-order valence-electron chi connectivity index (χ3n) is 1.52. The highest BCUT2D eigenvalue weighted by molar-refractivity contribution is 5.48. The van der Waals surface area contributed by atoms with Gasteiger partial charge in [0.2, 0.25) is 0 Å². The number of aromatic nitrogens is 1. The monoisotopic (exact) mass is 135 g/mol. The smallest absolute Gasteiger partial charge is 0.0406 e. The Bertz CT molecular complexity index is 220. The molecule has 0 atom stereocenters. The predicted molar refractivity (Wildman–Crippen MR) is 44.9 cm³/mol. The average molecular weight is 135 g/mol. The molecule has 10 heavy (non-hydrogen) atoms. The molecule has 0 spiro atoms. The molecule has 0 fully saturated rings. The van der Waals surface area contributed by atoms with Gasteiger partial charge in [-0.15, -0.1) is 0 Å². The van der Waals surface area contributed by atoms with Gasteiger partial charge in [-0.05, 0) is 31.1 Å². The predicted octanol–water partition coefficient (Wildman–Crippen LogP) is 2.75. The second-order valence-corrected chi connectivity index (χ2v) is 2.38. The highest BCUT2D eigenvalue weighted by Crippen LogP contribution is 2.06. The molecule has 0 amide bonds. The maximum atomic E-state index is 3.15. The van der Waals surface area contributed by atoms with Crippen molar-refractivity contribution in [2.45, 2.75) is 20.3 Å². The molecule has 54 valence electrons. The summed E-state index contributed by atoms with van der Waals surface area (Å²) in [5.74, 6) is 0. The zero-order valence-corrected chi connectivity index (χ0v) is 6.52. The van der Waals surface area contributed by atoms with Gasteiger partial charge in [0.15, 0.2) is 0 Å². The first-order chi connectivity index (χ1) is 4.84. The van der Waals surface area contributed by atoms with Crippen LogP contribution in [0.4, 0.5) is 0 Å². The summed E-state index contributed by atoms with van der Waals surface area (Å²) in [6, 6.07) is 2.08. The summed E-state index contributed by atoms with van der Waals surface area (Å²) >= 11 is 0. The van der Waals surface area contributed by atoms with Crippen molar-refractivity contribution >= 4 is 6.08 Å². The maximum Gasteiger partial charge on any atom is 0.0406 e. The van der Waals surface area contributed by atoms with Crippen LogP contribution in [0.1, 0.15) is 24.6 Å². The van der Waals surface area contributed by atoms with E-state index >= 15 is 0 Å². The zero-order chi connectivity index (χ0) is 7.40. The number of H-pyrrole nitrogens is 1. The Labute approximate surface area is 61.8 Å². The van der Waals surface area contributed by atoms with E-state index in [-0.39, 0.29) is 0 Å². The summed E-state index contributed by atoms with van der Waals surface area (Å²) in [5, 5.41) is 0. The van der Waals surface area contributed by atoms with Crippen LogP contribution in [0.15, 0.2) is 18.3 Å². The molecule has 0 bridgehead atoms. The molecular weight excluding hydrogens is 122 g/mol. The third kappa shape index (κ3) is 1.50. The van der Waals surface area contributed by atoms with Crippen molar-refractivity contribution in [3.8, 4) is 0 Å². The number of aromatic amines is 1. The standard InChI is InChI=1S/C9H13N/c1-3-4-5-9-8(2)6-7-10-9/h4-7,10H,3H2,1-2H3/b5-4+. The van der Waals surface area contributed by atoms with Crippen LogP contribution >= 0.6 is 0 Å². The Balaban J connectivity index is 2.74. The second-order valence-electron chi connectivity index (χ2n) is 2.38. The lowest BCUT2D eigenvalue weighted by atomic mass is 10.2. The van der Waals surface area contributed by atoms with Crippen LogP contribution in [-0.2, 0) is 0 Å². The number of hydrogen-bond donors (Lipinski definition) is 1. The van der Waals surface area contributed by atoms with E-state index in [1.54, 1.807) is 0 Å². The minimum absolute atomic E-state index is 1.10. The van der Waals surface area contributed by atoms with Gasteiger partial charge in [0, 0.05) is 11.9 Å². The molecule has 0 aliphatic rings. The van der Waals surface area contributed by atoms with E-state index in [0.717, 1.165) is 6.42 Å². The Morgan fingerprint density at radius 1 is 1.60 bits per heavy atom. The largest absolute Gasteiger partial charge is 0.361 e. The highest BCUT2D eigenvalue weighted by atomic mass is 14.7. The normalized spacial score (nSPS) is 11.0. The molecule has 0 radical (unpaired) electrons. The van der Waals surface area contributed by atoms with Gasteiger partial charge in [0.05, 0.1) is 0 Å². The van der Waals surface area contributed by atoms with Crippen LogP contribution in [0.5, 0.6) is 0 Å². The summed E-state index contributed by atoms with van der Waals surface area (Å²) in [7, 11) is 0. The fraction of sp³-hybridized carbons (Fsp3) is 0.333. The lowest BCUT2D eigenvalue weighted by molar-refractivity contribution is 1.23. The Morgan fingerprint density at radius 3 is 2.90 bits per heavy atom. The number of allylic oxidation sites excluding steroid dienone is 1. The van der Waals surface area contributed by atoms with E-state index in [9.17, 15) is 0 Å². The maximum absolute atomic E-state index is 3.15. The molecule has 1 heteroatoms. The third-order valence-corrected chi connectivity index (χ3v) is 1.52. The summed E-state index contributed by atoms with van der Waals surface area (Å²) in [5.41, 5.74) is 2.53. The minimum Gasteiger partial charge on any atom is -0.361 e. The number of aryl methyl sites for hydroxylation is 1. The molecule has 0 saturated carbocycles. The minimum atomic E-state index is 1.10. The van der Waals surface area contributed by atoms with Crippen molar-refractivity contribution < 1.29 is 0 Å². The van der Waals surface area contributed by atoms with Gasteiger partial charge in [-0.25, -0.2) is 0 Å². The fourth-order valence-corrected chi connectivity index (χ4v) is 0.875. The molecule has 0 aliphatic heterocycles. The van der Waals surface area contributed by atoms with Crippen LogP contribution in [-0.4, -0.2) is 4.98 Å². The van der Waals surface area contributed by atoms with Gasteiger partial charge >= 0.3 is 0 Å². The molecule has 1 nitrogen and oxygen atoms in total. The molecule has 0 aromatic carbocycles. The SMILES string of the molecule is CC/C=C/c1[nH]ccc1C. The molecule has 0 aliphatic carbocycles. The lowest BCUT2D eigenvalue weighted by Gasteiger charge is -1.87. The number of nitrogens with one attached hydrogen (secondary N) is 1. The summed E-state index contributed by atoms with van der Waals surface area (Å²) in [4.78, 5) is 3.15. The Hall–Kier alpha value is -0.980. The molecule has 1 heterocycles. The van der Waals surface area contributed by atoms with E-state index in [2.05, 4.69) is 37.0 Å². The van der Waals surface area contributed by atoms with E-state index in [4.69, 9.17) is 0 Å². The van der Waals surface area contributed by atoms with Gasteiger partial charge in [0.1, 0.15) is 0 Å². The molecule has 1 aromatic rings. The summed E-state index contributed by atoms with van der Waals surface area (Å²) < 4.78 is 0. The van der Waals surface area contributed by atoms with Gasteiger partial charge < -0.3 is 4.98 Å². The molecular formula is C9H13N. The van der Waals surface area contributed by atoms with Gasteiger partial charge in [-0.2, -0.15) is 0 Å².